The zero-order chi connectivity index (χ0) is 11.8. The highest BCUT2D eigenvalue weighted by Gasteiger charge is 2.21. The maximum atomic E-state index is 5.66. The molecule has 3 heterocycles. The highest BCUT2D eigenvalue weighted by atomic mass is 15.4. The van der Waals surface area contributed by atoms with Crippen LogP contribution in [0.15, 0.2) is 18.2 Å². The zero-order valence-electron chi connectivity index (χ0n) is 10.0. The van der Waals surface area contributed by atoms with Gasteiger partial charge in [0.2, 0.25) is 5.95 Å². The van der Waals surface area contributed by atoms with E-state index in [4.69, 9.17) is 5.73 Å². The molecule has 1 saturated heterocycles. The van der Waals surface area contributed by atoms with E-state index in [0.29, 0.717) is 12.0 Å². The Morgan fingerprint density at radius 3 is 3.06 bits per heavy atom. The summed E-state index contributed by atoms with van der Waals surface area (Å²) >= 11 is 0. The maximum Gasteiger partial charge on any atom is 0.240 e. The highest BCUT2D eigenvalue weighted by Crippen LogP contribution is 2.24. The summed E-state index contributed by atoms with van der Waals surface area (Å²) in [5.74, 6) is 1.43. The Balaban J connectivity index is 2.09. The van der Waals surface area contributed by atoms with Gasteiger partial charge >= 0.3 is 0 Å². The van der Waals surface area contributed by atoms with Crippen LogP contribution < -0.4 is 10.6 Å². The molecule has 1 aliphatic rings. The number of nitrogens with two attached hydrogens (primary N) is 1. The summed E-state index contributed by atoms with van der Waals surface area (Å²) in [7, 11) is 0. The topological polar surface area (TPSA) is 59.5 Å². The van der Waals surface area contributed by atoms with Gasteiger partial charge in [0.1, 0.15) is 5.82 Å². The van der Waals surface area contributed by atoms with Crippen LogP contribution in [-0.2, 0) is 0 Å². The fourth-order valence-electron chi connectivity index (χ4n) is 2.56. The van der Waals surface area contributed by atoms with Crippen molar-refractivity contribution in [1.29, 1.82) is 0 Å². The van der Waals surface area contributed by atoms with Crippen LogP contribution >= 0.6 is 0 Å². The van der Waals surface area contributed by atoms with E-state index in [-0.39, 0.29) is 0 Å². The zero-order valence-corrected chi connectivity index (χ0v) is 10.0. The van der Waals surface area contributed by atoms with Crippen LogP contribution in [0.3, 0.4) is 0 Å². The number of aromatic nitrogens is 3. The largest absolute Gasteiger partial charge is 0.366 e. The minimum absolute atomic E-state index is 0.335. The van der Waals surface area contributed by atoms with E-state index >= 15 is 0 Å². The SMILES string of the molecule is CC1CCCCN1c1cccc2nc(N)nn12. The fraction of sp³-hybridized carbons (Fsp3) is 0.500. The summed E-state index contributed by atoms with van der Waals surface area (Å²) in [5, 5.41) is 4.26. The molecule has 2 N–H and O–H groups in total. The van der Waals surface area contributed by atoms with Gasteiger partial charge < -0.3 is 10.6 Å². The average Bonchev–Trinajstić information content (AvgIpc) is 2.70. The molecule has 0 amide bonds. The lowest BCUT2D eigenvalue weighted by molar-refractivity contribution is 0.478. The van der Waals surface area contributed by atoms with E-state index in [9.17, 15) is 0 Å². The third-order valence-corrected chi connectivity index (χ3v) is 3.45. The molecule has 0 saturated carbocycles. The Bertz CT molecular complexity index is 533. The van der Waals surface area contributed by atoms with Crippen LogP contribution in [0.2, 0.25) is 0 Å². The average molecular weight is 231 g/mol. The number of pyridine rings is 1. The van der Waals surface area contributed by atoms with Gasteiger partial charge in [-0.25, -0.2) is 0 Å². The lowest BCUT2D eigenvalue weighted by atomic mass is 10.0. The van der Waals surface area contributed by atoms with E-state index in [1.807, 2.05) is 16.6 Å². The second-order valence-corrected chi connectivity index (χ2v) is 4.66. The third kappa shape index (κ3) is 1.71. The number of rotatable bonds is 1. The third-order valence-electron chi connectivity index (χ3n) is 3.45. The number of nitrogen functional groups attached to an aromatic ring is 1. The Hall–Kier alpha value is -1.78. The van der Waals surface area contributed by atoms with Gasteiger partial charge in [0.15, 0.2) is 5.65 Å². The number of nitrogens with zero attached hydrogens (tertiary/aromatic N) is 4. The second kappa shape index (κ2) is 3.91. The molecule has 90 valence electrons. The minimum Gasteiger partial charge on any atom is -0.366 e. The molecule has 0 aliphatic carbocycles. The highest BCUT2D eigenvalue weighted by molar-refractivity contribution is 5.53. The van der Waals surface area contributed by atoms with Gasteiger partial charge in [-0.15, -0.1) is 5.10 Å². The van der Waals surface area contributed by atoms with Crippen LogP contribution in [0.25, 0.3) is 5.65 Å². The van der Waals surface area contributed by atoms with E-state index in [0.717, 1.165) is 18.0 Å². The van der Waals surface area contributed by atoms with Crippen LogP contribution in [0.5, 0.6) is 0 Å². The maximum absolute atomic E-state index is 5.66. The minimum atomic E-state index is 0.335. The van der Waals surface area contributed by atoms with Crippen LogP contribution in [-0.4, -0.2) is 27.2 Å². The van der Waals surface area contributed by atoms with Crippen molar-refractivity contribution in [2.24, 2.45) is 0 Å². The summed E-state index contributed by atoms with van der Waals surface area (Å²) in [6, 6.07) is 6.59. The van der Waals surface area contributed by atoms with Gasteiger partial charge in [-0.1, -0.05) is 6.07 Å². The Morgan fingerprint density at radius 1 is 1.35 bits per heavy atom. The second-order valence-electron chi connectivity index (χ2n) is 4.66. The van der Waals surface area contributed by atoms with E-state index in [1.54, 1.807) is 0 Å². The van der Waals surface area contributed by atoms with Crippen molar-refractivity contribution in [3.8, 4) is 0 Å². The number of piperidine rings is 1. The predicted molar refractivity (Wildman–Crippen MR) is 68.1 cm³/mol. The van der Waals surface area contributed by atoms with Gasteiger partial charge in [0.05, 0.1) is 0 Å². The molecule has 1 unspecified atom stereocenters. The summed E-state index contributed by atoms with van der Waals surface area (Å²) < 4.78 is 1.84. The molecule has 0 aromatic carbocycles. The van der Waals surface area contributed by atoms with Crippen LogP contribution in [0.1, 0.15) is 26.2 Å². The van der Waals surface area contributed by atoms with Crippen molar-refractivity contribution in [2.45, 2.75) is 32.2 Å². The number of fused-ring (bicyclic) bond motifs is 1. The van der Waals surface area contributed by atoms with Gasteiger partial charge in [-0.3, -0.25) is 0 Å². The first-order valence-electron chi connectivity index (χ1n) is 6.13. The van der Waals surface area contributed by atoms with Crippen molar-refractivity contribution in [2.75, 3.05) is 17.2 Å². The fourth-order valence-corrected chi connectivity index (χ4v) is 2.56. The molecular weight excluding hydrogens is 214 g/mol. The first-order chi connectivity index (χ1) is 8.25. The monoisotopic (exact) mass is 231 g/mol. The number of hydrogen-bond donors (Lipinski definition) is 1. The molecule has 3 rings (SSSR count). The first kappa shape index (κ1) is 10.4. The van der Waals surface area contributed by atoms with Gasteiger partial charge in [-0.05, 0) is 38.3 Å². The molecule has 1 fully saturated rings. The van der Waals surface area contributed by atoms with Crippen LogP contribution in [0, 0.1) is 0 Å². The molecular formula is C12H17N5. The molecule has 1 atom stereocenters. The Morgan fingerprint density at radius 2 is 2.24 bits per heavy atom. The molecule has 0 spiro atoms. The molecule has 5 nitrogen and oxygen atoms in total. The summed E-state index contributed by atoms with van der Waals surface area (Å²) in [6.07, 6.45) is 3.79. The van der Waals surface area contributed by atoms with Crippen LogP contribution in [0.4, 0.5) is 11.8 Å². The molecule has 2 aromatic rings. The molecule has 17 heavy (non-hydrogen) atoms. The van der Waals surface area contributed by atoms with Gasteiger partial charge in [0, 0.05) is 12.6 Å². The van der Waals surface area contributed by atoms with Gasteiger partial charge in [-0.2, -0.15) is 9.50 Å². The first-order valence-corrected chi connectivity index (χ1v) is 6.13. The van der Waals surface area contributed by atoms with E-state index < -0.39 is 0 Å². The van der Waals surface area contributed by atoms with Gasteiger partial charge in [0.25, 0.3) is 0 Å². The normalized spacial score (nSPS) is 21.0. The predicted octanol–water partition coefficient (Wildman–Crippen LogP) is 1.69. The van der Waals surface area contributed by atoms with Crippen molar-refractivity contribution in [3.63, 3.8) is 0 Å². The summed E-state index contributed by atoms with van der Waals surface area (Å²) in [5.41, 5.74) is 6.48. The van der Waals surface area contributed by atoms with Crippen molar-refractivity contribution < 1.29 is 0 Å². The van der Waals surface area contributed by atoms with E-state index in [1.165, 1.54) is 19.3 Å². The smallest absolute Gasteiger partial charge is 0.240 e. The van der Waals surface area contributed by atoms with Crippen molar-refractivity contribution in [3.05, 3.63) is 18.2 Å². The summed E-state index contributed by atoms with van der Waals surface area (Å²) in [6.45, 7) is 3.35. The molecule has 0 radical (unpaired) electrons. The summed E-state index contributed by atoms with van der Waals surface area (Å²) in [4.78, 5) is 6.59. The number of anilines is 2. The molecule has 2 aromatic heterocycles. The quantitative estimate of drug-likeness (QED) is 0.811. The Kier molecular flexibility index (Phi) is 2.39. The molecule has 0 bridgehead atoms. The van der Waals surface area contributed by atoms with Crippen molar-refractivity contribution >= 4 is 17.4 Å². The lowest BCUT2D eigenvalue weighted by Crippen LogP contribution is -2.38. The standard InChI is InChI=1S/C12H17N5/c1-9-5-2-3-8-16(9)11-7-4-6-10-14-12(13)15-17(10)11/h4,6-7,9H,2-3,5,8H2,1H3,(H2,13,15). The number of hydrogen-bond acceptors (Lipinski definition) is 4. The lowest BCUT2D eigenvalue weighted by Gasteiger charge is -2.35. The molecule has 1 aliphatic heterocycles. The van der Waals surface area contributed by atoms with E-state index in [2.05, 4.69) is 28.0 Å². The Labute approximate surface area is 100 Å². The van der Waals surface area contributed by atoms with Crippen molar-refractivity contribution in [1.82, 2.24) is 14.6 Å². The molecule has 5 heteroatoms.